The predicted octanol–water partition coefficient (Wildman–Crippen LogP) is 5.03. The number of halogens is 1. The molecule has 1 fully saturated rings. The fourth-order valence-corrected chi connectivity index (χ4v) is 4.86. The Bertz CT molecular complexity index is 1080. The highest BCUT2D eigenvalue weighted by atomic mass is 35.5. The molecule has 0 spiro atoms. The lowest BCUT2D eigenvalue weighted by atomic mass is 9.89. The van der Waals surface area contributed by atoms with Crippen LogP contribution in [0, 0.1) is 5.41 Å². The van der Waals surface area contributed by atoms with Crippen molar-refractivity contribution in [2.24, 2.45) is 5.41 Å². The molecule has 184 valence electrons. The number of nitrogens with zero attached hydrogens (tertiary/aromatic N) is 5. The van der Waals surface area contributed by atoms with Crippen molar-refractivity contribution in [3.8, 4) is 11.1 Å². The van der Waals surface area contributed by atoms with E-state index in [4.69, 9.17) is 16.4 Å². The summed E-state index contributed by atoms with van der Waals surface area (Å²) in [5.41, 5.74) is 4.60. The van der Waals surface area contributed by atoms with Crippen molar-refractivity contribution in [3.05, 3.63) is 29.2 Å². The minimum Gasteiger partial charge on any atom is -0.320 e. The Labute approximate surface area is 205 Å². The van der Waals surface area contributed by atoms with Gasteiger partial charge in [-0.1, -0.05) is 25.4 Å². The molecule has 0 radical (unpaired) electrons. The maximum atomic E-state index is 13.2. The average molecular weight is 489 g/mol. The maximum absolute atomic E-state index is 13.2. The van der Waals surface area contributed by atoms with Crippen molar-refractivity contribution in [1.82, 2.24) is 25.1 Å². The number of piperidine rings is 1. The first-order chi connectivity index (χ1) is 16.0. The van der Waals surface area contributed by atoms with Gasteiger partial charge in [-0.3, -0.25) is 9.58 Å². The Morgan fingerprint density at radius 2 is 1.85 bits per heavy atom. The highest BCUT2D eigenvalue weighted by Gasteiger charge is 2.34. The van der Waals surface area contributed by atoms with Crippen molar-refractivity contribution in [2.45, 2.75) is 72.4 Å². The van der Waals surface area contributed by atoms with Crippen molar-refractivity contribution < 1.29 is 14.4 Å². The summed E-state index contributed by atoms with van der Waals surface area (Å²) in [5.74, 6) is 0.399. The van der Waals surface area contributed by atoms with Crippen LogP contribution < -0.4 is 10.4 Å². The Balaban J connectivity index is 1.58. The molecule has 0 aliphatic carbocycles. The third kappa shape index (κ3) is 4.99. The van der Waals surface area contributed by atoms with Gasteiger partial charge in [0.15, 0.2) is 0 Å². The van der Waals surface area contributed by atoms with Gasteiger partial charge in [-0.15, -0.1) is 0 Å². The molecule has 0 atom stereocenters. The Kier molecular flexibility index (Phi) is 6.50. The van der Waals surface area contributed by atoms with E-state index in [1.807, 2.05) is 31.6 Å². The summed E-state index contributed by atoms with van der Waals surface area (Å²) in [5, 5.41) is 5.03. The quantitative estimate of drug-likeness (QED) is 0.598. The topological polar surface area (TPSA) is 92.6 Å². The second-order valence-corrected chi connectivity index (χ2v) is 11.3. The van der Waals surface area contributed by atoms with Crippen LogP contribution in [0.4, 0.5) is 15.4 Å². The summed E-state index contributed by atoms with van der Waals surface area (Å²) in [6, 6.07) is 1.21. The van der Waals surface area contributed by atoms with Gasteiger partial charge in [-0.25, -0.2) is 14.6 Å². The van der Waals surface area contributed by atoms with Crippen LogP contribution in [-0.4, -0.2) is 50.4 Å². The molecule has 4 heterocycles. The van der Waals surface area contributed by atoms with Gasteiger partial charge in [0.05, 0.1) is 11.2 Å². The number of anilines is 1. The fourth-order valence-electron chi connectivity index (χ4n) is 4.66. The largest absolute Gasteiger partial charge is 0.434 e. The molecule has 0 unspecified atom stereocenters. The highest BCUT2D eigenvalue weighted by molar-refractivity contribution is 6.33. The zero-order chi connectivity index (χ0) is 24.7. The van der Waals surface area contributed by atoms with Crippen LogP contribution in [0.2, 0.25) is 5.02 Å². The number of carbonyl (C=O) groups is 2. The van der Waals surface area contributed by atoms with Gasteiger partial charge in [0.1, 0.15) is 5.82 Å². The SMILES string of the molecule is CC1(C)Cc2c(-c3cc(N(C(=O)NOC(=O)N4CCCCC4)C(C)(C)C)ncc3Cl)cnn2C1. The van der Waals surface area contributed by atoms with Gasteiger partial charge in [0.25, 0.3) is 0 Å². The summed E-state index contributed by atoms with van der Waals surface area (Å²) in [6.07, 6.45) is 6.65. The van der Waals surface area contributed by atoms with Crippen LogP contribution >= 0.6 is 11.6 Å². The minimum absolute atomic E-state index is 0.121. The molecule has 1 N–H and O–H groups in total. The van der Waals surface area contributed by atoms with Crippen LogP contribution in [0.15, 0.2) is 18.5 Å². The summed E-state index contributed by atoms with van der Waals surface area (Å²) < 4.78 is 2.01. The van der Waals surface area contributed by atoms with E-state index in [0.717, 1.165) is 49.0 Å². The third-order valence-electron chi connectivity index (χ3n) is 6.25. The molecular weight excluding hydrogens is 456 g/mol. The first kappa shape index (κ1) is 24.3. The van der Waals surface area contributed by atoms with Crippen molar-refractivity contribution >= 4 is 29.5 Å². The van der Waals surface area contributed by atoms with Crippen molar-refractivity contribution in [2.75, 3.05) is 18.0 Å². The molecule has 0 bridgehead atoms. The average Bonchev–Trinajstić information content (AvgIpc) is 3.28. The van der Waals surface area contributed by atoms with E-state index in [-0.39, 0.29) is 5.41 Å². The molecule has 2 aliphatic rings. The number of rotatable bonds is 2. The molecule has 1 saturated heterocycles. The summed E-state index contributed by atoms with van der Waals surface area (Å²) in [4.78, 5) is 38.1. The second kappa shape index (κ2) is 9.09. The van der Waals surface area contributed by atoms with E-state index < -0.39 is 17.7 Å². The molecule has 4 rings (SSSR count). The van der Waals surface area contributed by atoms with Crippen LogP contribution in [0.25, 0.3) is 11.1 Å². The second-order valence-electron chi connectivity index (χ2n) is 10.9. The number of urea groups is 1. The van der Waals surface area contributed by atoms with Gasteiger partial charge in [0.2, 0.25) is 0 Å². The zero-order valence-corrected chi connectivity index (χ0v) is 21.3. The first-order valence-corrected chi connectivity index (χ1v) is 12.1. The molecule has 2 aromatic rings. The van der Waals surface area contributed by atoms with Gasteiger partial charge in [-0.05, 0) is 57.9 Å². The Morgan fingerprint density at radius 1 is 1.15 bits per heavy atom. The standard InChI is InChI=1S/C24H33ClN6O3/c1-23(2,3)31(21(32)28-34-22(33)29-9-7-6-8-10-29)20-11-16(18(25)14-26-20)17-13-27-30-15-24(4,5)12-19(17)30/h11,13-14H,6-10,12,15H2,1-5H3,(H,28,32). The molecule has 3 amide bonds. The van der Waals surface area contributed by atoms with Crippen LogP contribution in [-0.2, 0) is 17.8 Å². The molecule has 2 aliphatic heterocycles. The van der Waals surface area contributed by atoms with Crippen molar-refractivity contribution in [3.63, 3.8) is 0 Å². The number of nitrogens with one attached hydrogen (secondary N) is 1. The van der Waals surface area contributed by atoms with E-state index in [1.165, 1.54) is 4.90 Å². The Morgan fingerprint density at radius 3 is 2.53 bits per heavy atom. The van der Waals surface area contributed by atoms with E-state index >= 15 is 0 Å². The lowest BCUT2D eigenvalue weighted by molar-refractivity contribution is 0.0619. The number of likely N-dealkylation sites (tertiary alicyclic amines) is 1. The van der Waals surface area contributed by atoms with Crippen molar-refractivity contribution in [1.29, 1.82) is 0 Å². The molecule has 10 heteroatoms. The highest BCUT2D eigenvalue weighted by Crippen LogP contribution is 2.40. The summed E-state index contributed by atoms with van der Waals surface area (Å²) >= 11 is 6.55. The number of aromatic nitrogens is 3. The molecule has 9 nitrogen and oxygen atoms in total. The predicted molar refractivity (Wildman–Crippen MR) is 131 cm³/mol. The third-order valence-corrected chi connectivity index (χ3v) is 6.55. The first-order valence-electron chi connectivity index (χ1n) is 11.7. The van der Waals surface area contributed by atoms with E-state index in [9.17, 15) is 9.59 Å². The number of hydrogen-bond donors (Lipinski definition) is 1. The number of pyridine rings is 1. The normalized spacial score (nSPS) is 17.3. The number of fused-ring (bicyclic) bond motifs is 1. The fraction of sp³-hybridized carbons (Fsp3) is 0.583. The summed E-state index contributed by atoms with van der Waals surface area (Å²) in [7, 11) is 0. The van der Waals surface area contributed by atoms with Crippen LogP contribution in [0.1, 0.15) is 59.6 Å². The maximum Gasteiger partial charge on any atom is 0.434 e. The van der Waals surface area contributed by atoms with E-state index in [1.54, 1.807) is 17.2 Å². The van der Waals surface area contributed by atoms with E-state index in [0.29, 0.717) is 23.9 Å². The molecule has 34 heavy (non-hydrogen) atoms. The summed E-state index contributed by atoms with van der Waals surface area (Å²) in [6.45, 7) is 12.2. The van der Waals surface area contributed by atoms with E-state index in [2.05, 4.69) is 29.4 Å². The van der Waals surface area contributed by atoms with Crippen LogP contribution in [0.3, 0.4) is 0 Å². The van der Waals surface area contributed by atoms with Crippen LogP contribution in [0.5, 0.6) is 0 Å². The van der Waals surface area contributed by atoms with Gasteiger partial charge in [0, 0.05) is 48.2 Å². The number of amides is 3. The van der Waals surface area contributed by atoms with Gasteiger partial charge in [-0.2, -0.15) is 10.6 Å². The molecule has 0 saturated carbocycles. The molecule has 2 aromatic heterocycles. The smallest absolute Gasteiger partial charge is 0.320 e. The molecule has 0 aromatic carbocycles. The lowest BCUT2D eigenvalue weighted by Gasteiger charge is -2.34. The number of hydrogen-bond acceptors (Lipinski definition) is 5. The Hall–Kier alpha value is -2.81. The van der Waals surface area contributed by atoms with Gasteiger partial charge >= 0.3 is 12.1 Å². The monoisotopic (exact) mass is 488 g/mol. The molecular formula is C24H33ClN6O3. The van der Waals surface area contributed by atoms with Gasteiger partial charge < -0.3 is 9.74 Å². The minimum atomic E-state index is -0.650. The lowest BCUT2D eigenvalue weighted by Crippen LogP contribution is -2.52. The number of hydroxylamine groups is 1. The number of carbonyl (C=O) groups excluding carboxylic acids is 2. The zero-order valence-electron chi connectivity index (χ0n) is 20.5.